The monoisotopic (exact) mass is 468 g/mol. The zero-order valence-electron chi connectivity index (χ0n) is 15.0. The van der Waals surface area contributed by atoms with E-state index in [1.54, 1.807) is 13.2 Å². The number of nitrogens with two attached hydrogens (primary N) is 1. The number of methoxy groups -OCH3 is 1. The van der Waals surface area contributed by atoms with Crippen LogP contribution in [0.3, 0.4) is 0 Å². The number of hydrogen-bond acceptors (Lipinski definition) is 3. The summed E-state index contributed by atoms with van der Waals surface area (Å²) in [6.07, 6.45) is 0.906. The number of ether oxygens (including phenoxy) is 1. The molecule has 4 N–H and O–H groups in total. The average Bonchev–Trinajstić information content (AvgIpc) is 2.65. The van der Waals surface area contributed by atoms with Gasteiger partial charge in [0.2, 0.25) is 0 Å². The number of rotatable bonds is 7. The zero-order valence-corrected chi connectivity index (χ0v) is 17.3. The molecule has 1 amide bonds. The third-order valence-corrected chi connectivity index (χ3v) is 3.52. The fourth-order valence-electron chi connectivity index (χ4n) is 2.19. The molecule has 0 saturated heterocycles. The maximum atomic E-state index is 12.0. The number of anilines is 1. The Labute approximate surface area is 171 Å². The van der Waals surface area contributed by atoms with Gasteiger partial charge in [-0.1, -0.05) is 19.1 Å². The molecule has 0 aliphatic heterocycles. The Hall–Kier alpha value is -2.29. The third-order valence-electron chi connectivity index (χ3n) is 3.52. The SMILES string of the molecule is CCCNC(=O)c1cccc(CN=C(N)Nc2ccc(OC)cc2)c1.I. The first kappa shape index (κ1) is 21.8. The van der Waals surface area contributed by atoms with Crippen molar-refractivity contribution >= 4 is 41.5 Å². The van der Waals surface area contributed by atoms with E-state index in [2.05, 4.69) is 15.6 Å². The average molecular weight is 468 g/mol. The Morgan fingerprint density at radius 3 is 2.58 bits per heavy atom. The fraction of sp³-hybridized carbons (Fsp3) is 0.263. The van der Waals surface area contributed by atoms with Gasteiger partial charge in [0.05, 0.1) is 13.7 Å². The smallest absolute Gasteiger partial charge is 0.251 e. The Morgan fingerprint density at radius 1 is 1.19 bits per heavy atom. The molecular formula is C19H25IN4O2. The predicted molar refractivity (Wildman–Crippen MR) is 116 cm³/mol. The molecule has 0 saturated carbocycles. The first-order valence-electron chi connectivity index (χ1n) is 8.20. The third kappa shape index (κ3) is 6.91. The number of nitrogens with one attached hydrogen (secondary N) is 2. The van der Waals surface area contributed by atoms with Crippen LogP contribution in [-0.2, 0) is 6.54 Å². The van der Waals surface area contributed by atoms with E-state index in [1.165, 1.54) is 0 Å². The zero-order chi connectivity index (χ0) is 18.1. The highest BCUT2D eigenvalue weighted by atomic mass is 127. The molecule has 140 valence electrons. The van der Waals surface area contributed by atoms with Crippen LogP contribution in [0.5, 0.6) is 5.75 Å². The van der Waals surface area contributed by atoms with E-state index in [9.17, 15) is 4.79 Å². The maximum Gasteiger partial charge on any atom is 0.251 e. The van der Waals surface area contributed by atoms with Gasteiger partial charge in [0.15, 0.2) is 5.96 Å². The molecule has 0 aliphatic rings. The van der Waals surface area contributed by atoms with Gasteiger partial charge >= 0.3 is 0 Å². The number of carbonyl (C=O) groups is 1. The number of amides is 1. The highest BCUT2D eigenvalue weighted by Gasteiger charge is 2.05. The number of nitrogens with zero attached hydrogens (tertiary/aromatic N) is 1. The first-order valence-corrected chi connectivity index (χ1v) is 8.20. The van der Waals surface area contributed by atoms with Crippen LogP contribution < -0.4 is 21.1 Å². The van der Waals surface area contributed by atoms with E-state index in [-0.39, 0.29) is 29.9 Å². The lowest BCUT2D eigenvalue weighted by molar-refractivity contribution is 0.0953. The van der Waals surface area contributed by atoms with Gasteiger partial charge in [-0.2, -0.15) is 0 Å². The minimum atomic E-state index is -0.0722. The number of guanidine groups is 1. The quantitative estimate of drug-likeness (QED) is 0.330. The second-order valence-electron chi connectivity index (χ2n) is 5.51. The van der Waals surface area contributed by atoms with Crippen LogP contribution >= 0.6 is 24.0 Å². The van der Waals surface area contributed by atoms with E-state index < -0.39 is 0 Å². The molecule has 0 aliphatic carbocycles. The van der Waals surface area contributed by atoms with Gasteiger partial charge in [0, 0.05) is 17.8 Å². The number of carbonyl (C=O) groups excluding carboxylic acids is 1. The van der Waals surface area contributed by atoms with E-state index in [1.807, 2.05) is 49.4 Å². The van der Waals surface area contributed by atoms with Gasteiger partial charge in [-0.15, -0.1) is 24.0 Å². The van der Waals surface area contributed by atoms with Crippen molar-refractivity contribution in [3.8, 4) is 5.75 Å². The van der Waals surface area contributed by atoms with Crippen molar-refractivity contribution in [3.05, 3.63) is 59.7 Å². The van der Waals surface area contributed by atoms with Crippen LogP contribution in [0, 0.1) is 0 Å². The molecule has 26 heavy (non-hydrogen) atoms. The van der Waals surface area contributed by atoms with Gasteiger partial charge in [-0.05, 0) is 48.4 Å². The topological polar surface area (TPSA) is 88.7 Å². The summed E-state index contributed by atoms with van der Waals surface area (Å²) < 4.78 is 5.11. The van der Waals surface area contributed by atoms with Crippen LogP contribution in [0.2, 0.25) is 0 Å². The van der Waals surface area contributed by atoms with Crippen LogP contribution in [0.25, 0.3) is 0 Å². The summed E-state index contributed by atoms with van der Waals surface area (Å²) in [6, 6.07) is 14.8. The number of halogens is 1. The lowest BCUT2D eigenvalue weighted by atomic mass is 10.1. The summed E-state index contributed by atoms with van der Waals surface area (Å²) in [5, 5.41) is 5.88. The molecule has 6 nitrogen and oxygen atoms in total. The van der Waals surface area contributed by atoms with Crippen LogP contribution in [-0.4, -0.2) is 25.5 Å². The van der Waals surface area contributed by atoms with E-state index in [4.69, 9.17) is 10.5 Å². The van der Waals surface area contributed by atoms with E-state index in [0.29, 0.717) is 24.6 Å². The molecule has 0 aromatic heterocycles. The lowest BCUT2D eigenvalue weighted by Gasteiger charge is -2.07. The summed E-state index contributed by atoms with van der Waals surface area (Å²) in [6.45, 7) is 3.08. The highest BCUT2D eigenvalue weighted by molar-refractivity contribution is 14.0. The highest BCUT2D eigenvalue weighted by Crippen LogP contribution is 2.14. The van der Waals surface area contributed by atoms with Gasteiger partial charge in [-0.25, -0.2) is 4.99 Å². The Morgan fingerprint density at radius 2 is 1.92 bits per heavy atom. The van der Waals surface area contributed by atoms with Gasteiger partial charge < -0.3 is 21.1 Å². The van der Waals surface area contributed by atoms with Crippen LogP contribution in [0.4, 0.5) is 5.69 Å². The molecule has 7 heteroatoms. The number of aliphatic imine (C=N–C) groups is 1. The minimum Gasteiger partial charge on any atom is -0.497 e. The first-order chi connectivity index (χ1) is 12.1. The second kappa shape index (κ2) is 11.3. The predicted octanol–water partition coefficient (Wildman–Crippen LogP) is 3.38. The molecule has 2 aromatic rings. The number of hydrogen-bond donors (Lipinski definition) is 3. The standard InChI is InChI=1S/C19H24N4O2.HI/c1-3-11-21-18(24)15-6-4-5-14(12-15)13-22-19(20)23-16-7-9-17(25-2)10-8-16;/h4-10,12H,3,11,13H2,1-2H3,(H,21,24)(H3,20,22,23);1H. The van der Waals surface area contributed by atoms with Gasteiger partial charge in [0.25, 0.3) is 5.91 Å². The van der Waals surface area contributed by atoms with Crippen molar-refractivity contribution in [3.63, 3.8) is 0 Å². The summed E-state index contributed by atoms with van der Waals surface area (Å²) in [4.78, 5) is 16.3. The summed E-state index contributed by atoms with van der Waals surface area (Å²) in [5.74, 6) is 1.02. The number of benzene rings is 2. The maximum absolute atomic E-state index is 12.0. The largest absolute Gasteiger partial charge is 0.497 e. The second-order valence-corrected chi connectivity index (χ2v) is 5.51. The lowest BCUT2D eigenvalue weighted by Crippen LogP contribution is -2.24. The normalized spacial score (nSPS) is 10.6. The molecule has 0 heterocycles. The Bertz CT molecular complexity index is 733. The van der Waals surface area contributed by atoms with Crippen molar-refractivity contribution in [2.24, 2.45) is 10.7 Å². The summed E-state index contributed by atoms with van der Waals surface area (Å²) in [7, 11) is 1.62. The van der Waals surface area contributed by atoms with Crippen molar-refractivity contribution in [2.45, 2.75) is 19.9 Å². The molecule has 0 atom stereocenters. The van der Waals surface area contributed by atoms with Crippen molar-refractivity contribution in [1.82, 2.24) is 5.32 Å². The van der Waals surface area contributed by atoms with Crippen molar-refractivity contribution in [2.75, 3.05) is 19.0 Å². The summed E-state index contributed by atoms with van der Waals surface area (Å²) in [5.41, 5.74) is 8.29. The Balaban J connectivity index is 0.00000338. The van der Waals surface area contributed by atoms with Crippen LogP contribution in [0.1, 0.15) is 29.3 Å². The molecule has 2 rings (SSSR count). The van der Waals surface area contributed by atoms with E-state index >= 15 is 0 Å². The molecule has 0 spiro atoms. The van der Waals surface area contributed by atoms with Crippen LogP contribution in [0.15, 0.2) is 53.5 Å². The Kier molecular flexibility index (Phi) is 9.50. The van der Waals surface area contributed by atoms with Crippen molar-refractivity contribution in [1.29, 1.82) is 0 Å². The van der Waals surface area contributed by atoms with Gasteiger partial charge in [0.1, 0.15) is 5.75 Å². The molecule has 0 radical (unpaired) electrons. The van der Waals surface area contributed by atoms with Gasteiger partial charge in [-0.3, -0.25) is 4.79 Å². The molecule has 0 bridgehead atoms. The molecular weight excluding hydrogens is 443 g/mol. The van der Waals surface area contributed by atoms with E-state index in [0.717, 1.165) is 23.4 Å². The fourth-order valence-corrected chi connectivity index (χ4v) is 2.19. The molecule has 0 unspecified atom stereocenters. The summed E-state index contributed by atoms with van der Waals surface area (Å²) >= 11 is 0. The minimum absolute atomic E-state index is 0. The molecule has 0 fully saturated rings. The molecule has 2 aromatic carbocycles. The van der Waals surface area contributed by atoms with Crippen molar-refractivity contribution < 1.29 is 9.53 Å².